The standard InChI is InChI=1S/C14H14N2O3S/c1-9(17)11-8-20-14(15-11)16-13(18)12(19-2)10-6-4-3-5-7-10/h3-8,12H,1-2H3,(H,15,16,18)/t12-/m1/s1. The van der Waals surface area contributed by atoms with Crippen LogP contribution in [0.1, 0.15) is 29.1 Å². The molecule has 0 unspecified atom stereocenters. The van der Waals surface area contributed by atoms with Crippen molar-refractivity contribution in [1.29, 1.82) is 0 Å². The number of ether oxygens (including phenoxy) is 1. The van der Waals surface area contributed by atoms with Gasteiger partial charge >= 0.3 is 0 Å². The molecule has 0 bridgehead atoms. The lowest BCUT2D eigenvalue weighted by atomic mass is 10.1. The minimum atomic E-state index is -0.708. The van der Waals surface area contributed by atoms with Crippen LogP contribution >= 0.6 is 11.3 Å². The normalized spacial score (nSPS) is 11.9. The Morgan fingerprint density at radius 2 is 2.00 bits per heavy atom. The smallest absolute Gasteiger partial charge is 0.259 e. The molecule has 1 heterocycles. The number of hydrogen-bond acceptors (Lipinski definition) is 5. The number of anilines is 1. The summed E-state index contributed by atoms with van der Waals surface area (Å²) in [6.07, 6.45) is -0.708. The molecule has 104 valence electrons. The van der Waals surface area contributed by atoms with Crippen LogP contribution in [0.5, 0.6) is 0 Å². The second kappa shape index (κ2) is 6.40. The molecule has 0 fully saturated rings. The largest absolute Gasteiger partial charge is 0.367 e. The number of rotatable bonds is 5. The third-order valence-corrected chi connectivity index (χ3v) is 3.43. The molecule has 5 nitrogen and oxygen atoms in total. The first-order valence-electron chi connectivity index (χ1n) is 5.97. The molecule has 2 rings (SSSR count). The van der Waals surface area contributed by atoms with Gasteiger partial charge < -0.3 is 4.74 Å². The molecule has 0 aliphatic heterocycles. The van der Waals surface area contributed by atoms with Crippen molar-refractivity contribution >= 4 is 28.2 Å². The first-order valence-corrected chi connectivity index (χ1v) is 6.85. The molecule has 6 heteroatoms. The molecule has 1 amide bonds. The van der Waals surface area contributed by atoms with Gasteiger partial charge in [-0.2, -0.15) is 0 Å². The fourth-order valence-corrected chi connectivity index (χ4v) is 2.44. The van der Waals surface area contributed by atoms with E-state index in [0.29, 0.717) is 10.8 Å². The molecule has 0 saturated heterocycles. The summed E-state index contributed by atoms with van der Waals surface area (Å²) in [5.41, 5.74) is 1.11. The molecule has 1 atom stereocenters. The monoisotopic (exact) mass is 290 g/mol. The van der Waals surface area contributed by atoms with E-state index in [9.17, 15) is 9.59 Å². The van der Waals surface area contributed by atoms with Crippen LogP contribution in [-0.4, -0.2) is 23.8 Å². The number of amides is 1. The Morgan fingerprint density at radius 3 is 2.55 bits per heavy atom. The molecular formula is C14H14N2O3S. The lowest BCUT2D eigenvalue weighted by Gasteiger charge is -2.14. The summed E-state index contributed by atoms with van der Waals surface area (Å²) in [4.78, 5) is 27.4. The molecule has 1 aromatic heterocycles. The van der Waals surface area contributed by atoms with Gasteiger partial charge in [-0.15, -0.1) is 11.3 Å². The highest BCUT2D eigenvalue weighted by Crippen LogP contribution is 2.21. The van der Waals surface area contributed by atoms with E-state index in [4.69, 9.17) is 4.74 Å². The highest BCUT2D eigenvalue weighted by atomic mass is 32.1. The van der Waals surface area contributed by atoms with Crippen molar-refractivity contribution < 1.29 is 14.3 Å². The Morgan fingerprint density at radius 1 is 1.30 bits per heavy atom. The van der Waals surface area contributed by atoms with Crippen LogP contribution in [0.15, 0.2) is 35.7 Å². The Kier molecular flexibility index (Phi) is 4.60. The van der Waals surface area contributed by atoms with Gasteiger partial charge in [0.25, 0.3) is 5.91 Å². The van der Waals surface area contributed by atoms with Crippen LogP contribution in [0, 0.1) is 0 Å². The predicted molar refractivity (Wildman–Crippen MR) is 76.9 cm³/mol. The van der Waals surface area contributed by atoms with Gasteiger partial charge in [0.05, 0.1) is 0 Å². The van der Waals surface area contributed by atoms with Gasteiger partial charge in [-0.3, -0.25) is 14.9 Å². The van der Waals surface area contributed by atoms with E-state index in [1.807, 2.05) is 30.3 Å². The molecule has 20 heavy (non-hydrogen) atoms. The lowest BCUT2D eigenvalue weighted by molar-refractivity contribution is -0.126. The molecule has 1 N–H and O–H groups in total. The minimum Gasteiger partial charge on any atom is -0.367 e. The zero-order chi connectivity index (χ0) is 14.5. The number of nitrogens with one attached hydrogen (secondary N) is 1. The molecule has 0 aliphatic carbocycles. The number of ketones is 1. The number of thiazole rings is 1. The lowest BCUT2D eigenvalue weighted by Crippen LogP contribution is -2.22. The maximum absolute atomic E-state index is 12.2. The summed E-state index contributed by atoms with van der Waals surface area (Å²) in [5, 5.41) is 4.66. The number of carbonyl (C=O) groups is 2. The molecule has 0 spiro atoms. The average Bonchev–Trinajstić information content (AvgIpc) is 2.89. The van der Waals surface area contributed by atoms with Crippen LogP contribution in [0.4, 0.5) is 5.13 Å². The molecule has 0 aliphatic rings. The summed E-state index contributed by atoms with van der Waals surface area (Å²) in [7, 11) is 1.47. The molecular weight excluding hydrogens is 276 g/mol. The quantitative estimate of drug-likeness (QED) is 0.860. The summed E-state index contributed by atoms with van der Waals surface area (Å²) < 4.78 is 5.22. The maximum atomic E-state index is 12.2. The number of benzene rings is 1. The second-order valence-corrected chi connectivity index (χ2v) is 4.97. The van der Waals surface area contributed by atoms with E-state index in [-0.39, 0.29) is 11.7 Å². The predicted octanol–water partition coefficient (Wildman–Crippen LogP) is 2.67. The van der Waals surface area contributed by atoms with Gasteiger partial charge in [0.1, 0.15) is 5.69 Å². The zero-order valence-electron chi connectivity index (χ0n) is 11.1. The van der Waals surface area contributed by atoms with Crippen molar-refractivity contribution in [2.45, 2.75) is 13.0 Å². The van der Waals surface area contributed by atoms with Crippen molar-refractivity contribution in [2.75, 3.05) is 12.4 Å². The molecule has 1 aromatic carbocycles. The van der Waals surface area contributed by atoms with E-state index in [1.54, 1.807) is 5.38 Å². The van der Waals surface area contributed by atoms with Crippen molar-refractivity contribution in [3.63, 3.8) is 0 Å². The second-order valence-electron chi connectivity index (χ2n) is 4.11. The number of carbonyl (C=O) groups excluding carboxylic acids is 2. The van der Waals surface area contributed by atoms with E-state index >= 15 is 0 Å². The highest BCUT2D eigenvalue weighted by Gasteiger charge is 2.21. The number of nitrogens with zero attached hydrogens (tertiary/aromatic N) is 1. The average molecular weight is 290 g/mol. The third-order valence-electron chi connectivity index (χ3n) is 2.67. The van der Waals surface area contributed by atoms with Crippen LogP contribution in [0.25, 0.3) is 0 Å². The van der Waals surface area contributed by atoms with Crippen molar-refractivity contribution in [3.8, 4) is 0 Å². The fraction of sp³-hybridized carbons (Fsp3) is 0.214. The van der Waals surface area contributed by atoms with Gasteiger partial charge in [0.15, 0.2) is 17.0 Å². The maximum Gasteiger partial charge on any atom is 0.259 e. The van der Waals surface area contributed by atoms with Crippen LogP contribution in [-0.2, 0) is 9.53 Å². The summed E-state index contributed by atoms with van der Waals surface area (Å²) >= 11 is 1.21. The topological polar surface area (TPSA) is 68.3 Å². The summed E-state index contributed by atoms with van der Waals surface area (Å²) in [6, 6.07) is 9.18. The fourth-order valence-electron chi connectivity index (χ4n) is 1.69. The summed E-state index contributed by atoms with van der Waals surface area (Å²) in [6.45, 7) is 1.43. The first kappa shape index (κ1) is 14.4. The molecule has 0 radical (unpaired) electrons. The molecule has 2 aromatic rings. The first-order chi connectivity index (χ1) is 9.61. The third kappa shape index (κ3) is 3.28. The Balaban J connectivity index is 2.11. The summed E-state index contributed by atoms with van der Waals surface area (Å²) in [5.74, 6) is -0.448. The Bertz CT molecular complexity index is 610. The van der Waals surface area contributed by atoms with Crippen LogP contribution in [0.2, 0.25) is 0 Å². The zero-order valence-corrected chi connectivity index (χ0v) is 11.9. The van der Waals surface area contributed by atoms with Crippen molar-refractivity contribution in [3.05, 3.63) is 47.0 Å². The number of hydrogen-bond donors (Lipinski definition) is 1. The number of aromatic nitrogens is 1. The van der Waals surface area contributed by atoms with Crippen LogP contribution < -0.4 is 5.32 Å². The molecule has 0 saturated carbocycles. The van der Waals surface area contributed by atoms with Gasteiger partial charge in [-0.25, -0.2) is 4.98 Å². The van der Waals surface area contributed by atoms with Gasteiger partial charge in [-0.05, 0) is 5.56 Å². The van der Waals surface area contributed by atoms with Gasteiger partial charge in [0, 0.05) is 19.4 Å². The minimum absolute atomic E-state index is 0.131. The Hall–Kier alpha value is -2.05. The van der Waals surface area contributed by atoms with E-state index in [1.165, 1.54) is 25.4 Å². The van der Waals surface area contributed by atoms with E-state index in [2.05, 4.69) is 10.3 Å². The Labute approximate surface area is 120 Å². The number of methoxy groups -OCH3 is 1. The van der Waals surface area contributed by atoms with Crippen LogP contribution in [0.3, 0.4) is 0 Å². The van der Waals surface area contributed by atoms with E-state index in [0.717, 1.165) is 5.56 Å². The SMILES string of the molecule is CO[C@@H](C(=O)Nc1nc(C(C)=O)cs1)c1ccccc1. The van der Waals surface area contributed by atoms with E-state index < -0.39 is 6.10 Å². The van der Waals surface area contributed by atoms with Crippen molar-refractivity contribution in [1.82, 2.24) is 4.98 Å². The van der Waals surface area contributed by atoms with Crippen molar-refractivity contribution in [2.24, 2.45) is 0 Å². The van der Waals surface area contributed by atoms with Gasteiger partial charge in [-0.1, -0.05) is 30.3 Å². The van der Waals surface area contributed by atoms with Gasteiger partial charge in [0.2, 0.25) is 0 Å². The number of Topliss-reactive ketones (excluding diaryl/α,β-unsaturated/α-hetero) is 1. The highest BCUT2D eigenvalue weighted by molar-refractivity contribution is 7.14.